The number of sulfonamides is 1. The van der Waals surface area contributed by atoms with Crippen LogP contribution in [0.15, 0.2) is 80.8 Å². The third-order valence-corrected chi connectivity index (χ3v) is 7.02. The SMILES string of the molecule is COc1ccc(Nc2c(C#N)c(N)nc3c(N=Nc4ccc(S(=O)(=O)Nc5ncc(C)cn5)cc4)c(=O)[nH]n23)cc1. The monoisotopic (exact) mass is 571 g/mol. The summed E-state index contributed by atoms with van der Waals surface area (Å²) >= 11 is 0. The highest BCUT2D eigenvalue weighted by molar-refractivity contribution is 7.92. The summed E-state index contributed by atoms with van der Waals surface area (Å²) in [6, 6.07) is 14.3. The summed E-state index contributed by atoms with van der Waals surface area (Å²) in [7, 11) is -2.41. The molecule has 15 nitrogen and oxygen atoms in total. The molecule has 5 N–H and O–H groups in total. The standard InChI is InChI=1S/C25H21N11O4S/c1-14-12-28-25(29-13-14)35-41(38,39)18-9-5-16(6-10-18)32-33-20-23-31-21(27)19(11-26)22(36(23)34-24(20)37)30-15-3-7-17(40-2)8-4-15/h3-10,12-13,30H,1-2H3,(H2,27,31)(H,34,37)(H,28,29,35). The van der Waals surface area contributed by atoms with Crippen LogP contribution in [0.5, 0.6) is 5.75 Å². The lowest BCUT2D eigenvalue weighted by atomic mass is 10.2. The first-order valence-corrected chi connectivity index (χ1v) is 13.3. The lowest BCUT2D eigenvalue weighted by molar-refractivity contribution is 0.415. The highest BCUT2D eigenvalue weighted by atomic mass is 32.2. The van der Waals surface area contributed by atoms with E-state index in [1.54, 1.807) is 38.3 Å². The maximum atomic E-state index is 12.8. The normalized spacial score (nSPS) is 11.4. The van der Waals surface area contributed by atoms with Gasteiger partial charge in [-0.2, -0.15) is 10.4 Å². The molecular weight excluding hydrogens is 550 g/mol. The number of hydrogen-bond acceptors (Lipinski definition) is 12. The average Bonchev–Trinajstić information content (AvgIpc) is 3.28. The minimum absolute atomic E-state index is 0.00417. The molecule has 2 aromatic carbocycles. The minimum Gasteiger partial charge on any atom is -0.497 e. The van der Waals surface area contributed by atoms with Gasteiger partial charge in [0.15, 0.2) is 17.2 Å². The van der Waals surface area contributed by atoms with Crippen molar-refractivity contribution >= 4 is 50.3 Å². The van der Waals surface area contributed by atoms with Crippen LogP contribution in [-0.2, 0) is 10.0 Å². The van der Waals surface area contributed by atoms with Gasteiger partial charge < -0.3 is 15.8 Å². The van der Waals surface area contributed by atoms with Crippen molar-refractivity contribution in [2.45, 2.75) is 11.8 Å². The number of anilines is 4. The second-order valence-electron chi connectivity index (χ2n) is 8.52. The molecule has 0 radical (unpaired) electrons. The zero-order chi connectivity index (χ0) is 29.1. The van der Waals surface area contributed by atoms with Crippen LogP contribution in [-0.4, -0.2) is 40.1 Å². The van der Waals surface area contributed by atoms with Gasteiger partial charge in [0.05, 0.1) is 17.7 Å². The van der Waals surface area contributed by atoms with Crippen LogP contribution in [0, 0.1) is 18.3 Å². The molecule has 5 rings (SSSR count). The van der Waals surface area contributed by atoms with Gasteiger partial charge in [0, 0.05) is 18.1 Å². The molecule has 0 aliphatic rings. The van der Waals surface area contributed by atoms with Gasteiger partial charge in [-0.1, -0.05) is 0 Å². The summed E-state index contributed by atoms with van der Waals surface area (Å²) in [5.41, 5.74) is 6.87. The molecule has 0 fully saturated rings. The Morgan fingerprint density at radius 1 is 1.07 bits per heavy atom. The molecule has 0 amide bonds. The molecule has 5 aromatic rings. The maximum absolute atomic E-state index is 12.8. The summed E-state index contributed by atoms with van der Waals surface area (Å²) in [6.07, 6.45) is 2.98. The van der Waals surface area contributed by atoms with Gasteiger partial charge in [0.25, 0.3) is 15.6 Å². The van der Waals surface area contributed by atoms with Gasteiger partial charge in [-0.15, -0.1) is 5.11 Å². The summed E-state index contributed by atoms with van der Waals surface area (Å²) in [4.78, 5) is 24.8. The number of methoxy groups -OCH3 is 1. The van der Waals surface area contributed by atoms with E-state index in [2.05, 4.69) is 40.3 Å². The number of aryl methyl sites for hydroxylation is 1. The van der Waals surface area contributed by atoms with Crippen LogP contribution in [0.1, 0.15) is 11.1 Å². The Bertz CT molecular complexity index is 1980. The zero-order valence-electron chi connectivity index (χ0n) is 21.5. The predicted molar refractivity (Wildman–Crippen MR) is 149 cm³/mol. The van der Waals surface area contributed by atoms with Gasteiger partial charge in [0.1, 0.15) is 23.2 Å². The molecule has 0 atom stereocenters. The summed E-state index contributed by atoms with van der Waals surface area (Å²) < 4.78 is 34.0. The number of rotatable bonds is 8. The Kier molecular flexibility index (Phi) is 7.02. The number of ether oxygens (including phenoxy) is 1. The van der Waals surface area contributed by atoms with E-state index in [0.29, 0.717) is 11.4 Å². The van der Waals surface area contributed by atoms with Crippen LogP contribution in [0.4, 0.5) is 34.6 Å². The number of H-pyrrole nitrogens is 1. The Morgan fingerprint density at radius 2 is 1.76 bits per heavy atom. The number of azo groups is 1. The second kappa shape index (κ2) is 10.7. The molecule has 16 heteroatoms. The first-order chi connectivity index (χ1) is 19.7. The lowest BCUT2D eigenvalue weighted by Gasteiger charge is -2.12. The molecule has 0 aliphatic heterocycles. The Hall–Kier alpha value is -5.82. The number of nitrogen functional groups attached to an aromatic ring is 1. The second-order valence-corrected chi connectivity index (χ2v) is 10.2. The molecule has 0 aliphatic carbocycles. The van der Waals surface area contributed by atoms with Crippen molar-refractivity contribution in [1.29, 1.82) is 5.26 Å². The van der Waals surface area contributed by atoms with Crippen molar-refractivity contribution in [3.8, 4) is 11.8 Å². The van der Waals surface area contributed by atoms with Crippen molar-refractivity contribution in [2.75, 3.05) is 22.9 Å². The first kappa shape index (κ1) is 26.8. The van der Waals surface area contributed by atoms with Gasteiger partial charge in [-0.05, 0) is 61.0 Å². The number of nitrogens with two attached hydrogens (primary N) is 1. The number of nitriles is 1. The summed E-state index contributed by atoms with van der Waals surface area (Å²) in [6.45, 7) is 1.78. The number of nitrogens with zero attached hydrogens (tertiary/aromatic N) is 7. The van der Waals surface area contributed by atoms with E-state index in [-0.39, 0.29) is 45.1 Å². The smallest absolute Gasteiger partial charge is 0.294 e. The number of hydrogen-bond donors (Lipinski definition) is 4. The van der Waals surface area contributed by atoms with Crippen molar-refractivity contribution in [1.82, 2.24) is 24.6 Å². The molecule has 41 heavy (non-hydrogen) atoms. The van der Waals surface area contributed by atoms with Crippen LogP contribution >= 0.6 is 0 Å². The number of nitrogens with one attached hydrogen (secondary N) is 3. The molecule has 206 valence electrons. The number of benzene rings is 2. The predicted octanol–water partition coefficient (Wildman–Crippen LogP) is 3.54. The van der Waals surface area contributed by atoms with Crippen LogP contribution in [0.3, 0.4) is 0 Å². The van der Waals surface area contributed by atoms with E-state index >= 15 is 0 Å². The van der Waals surface area contributed by atoms with Gasteiger partial charge in [-0.3, -0.25) is 9.89 Å². The van der Waals surface area contributed by atoms with E-state index in [1.165, 1.54) is 41.2 Å². The van der Waals surface area contributed by atoms with E-state index in [0.717, 1.165) is 5.56 Å². The van der Waals surface area contributed by atoms with E-state index in [9.17, 15) is 18.5 Å². The Balaban J connectivity index is 1.44. The minimum atomic E-state index is -3.95. The Labute approximate surface area is 232 Å². The Morgan fingerprint density at radius 3 is 2.39 bits per heavy atom. The molecule has 0 saturated heterocycles. The van der Waals surface area contributed by atoms with Crippen molar-refractivity contribution in [3.05, 3.63) is 82.4 Å². The van der Waals surface area contributed by atoms with Crippen molar-refractivity contribution < 1.29 is 13.2 Å². The van der Waals surface area contributed by atoms with Crippen LogP contribution < -0.4 is 26.1 Å². The number of aromatic nitrogens is 5. The number of fused-ring (bicyclic) bond motifs is 1. The third kappa shape index (κ3) is 5.51. The molecule has 3 aromatic heterocycles. The van der Waals surface area contributed by atoms with E-state index in [1.807, 2.05) is 6.07 Å². The van der Waals surface area contributed by atoms with Gasteiger partial charge in [-0.25, -0.2) is 32.6 Å². The lowest BCUT2D eigenvalue weighted by Crippen LogP contribution is -2.14. The topological polar surface area (TPSA) is 218 Å². The third-order valence-electron chi connectivity index (χ3n) is 5.68. The highest BCUT2D eigenvalue weighted by Crippen LogP contribution is 2.29. The highest BCUT2D eigenvalue weighted by Gasteiger charge is 2.20. The quantitative estimate of drug-likeness (QED) is 0.198. The van der Waals surface area contributed by atoms with Crippen molar-refractivity contribution in [2.24, 2.45) is 10.2 Å². The van der Waals surface area contributed by atoms with Crippen LogP contribution in [0.2, 0.25) is 0 Å². The molecule has 0 spiro atoms. The van der Waals surface area contributed by atoms with Crippen LogP contribution in [0.25, 0.3) is 5.65 Å². The number of aromatic amines is 1. The van der Waals surface area contributed by atoms with E-state index in [4.69, 9.17) is 10.5 Å². The van der Waals surface area contributed by atoms with Crippen molar-refractivity contribution in [3.63, 3.8) is 0 Å². The van der Waals surface area contributed by atoms with E-state index < -0.39 is 15.6 Å². The molecule has 0 saturated carbocycles. The fourth-order valence-corrected chi connectivity index (χ4v) is 4.59. The average molecular weight is 572 g/mol. The van der Waals surface area contributed by atoms with Gasteiger partial charge in [0.2, 0.25) is 5.95 Å². The zero-order valence-corrected chi connectivity index (χ0v) is 22.3. The van der Waals surface area contributed by atoms with Gasteiger partial charge >= 0.3 is 0 Å². The summed E-state index contributed by atoms with van der Waals surface area (Å²) in [5.74, 6) is 0.609. The molecule has 3 heterocycles. The largest absolute Gasteiger partial charge is 0.497 e. The molecule has 0 bridgehead atoms. The fourth-order valence-electron chi connectivity index (χ4n) is 3.64. The first-order valence-electron chi connectivity index (χ1n) is 11.8. The molecular formula is C25H21N11O4S. The summed E-state index contributed by atoms with van der Waals surface area (Å²) in [5, 5.41) is 23.4. The maximum Gasteiger partial charge on any atom is 0.294 e. The molecule has 0 unspecified atom stereocenters. The fraction of sp³-hybridized carbons (Fsp3) is 0.0800.